The number of nitriles is 1. The molecule has 0 bridgehead atoms. The molecule has 0 saturated carbocycles. The molecular formula is C19H18N2O3S. The highest BCUT2D eigenvalue weighted by Gasteiger charge is 2.12. The molecule has 1 heterocycles. The second-order valence-corrected chi connectivity index (χ2v) is 6.58. The van der Waals surface area contributed by atoms with Gasteiger partial charge in [-0.1, -0.05) is 12.1 Å². The van der Waals surface area contributed by atoms with Gasteiger partial charge in [-0.05, 0) is 35.9 Å². The van der Waals surface area contributed by atoms with E-state index in [0.717, 1.165) is 34.1 Å². The van der Waals surface area contributed by atoms with E-state index in [2.05, 4.69) is 11.4 Å². The number of nitrogens with one attached hydrogen (secondary N) is 1. The molecule has 5 nitrogen and oxygen atoms in total. The smallest absolute Gasteiger partial charge is 0.234 e. The summed E-state index contributed by atoms with van der Waals surface area (Å²) in [7, 11) is 0. The van der Waals surface area contributed by atoms with Crippen molar-refractivity contribution in [3.63, 3.8) is 0 Å². The van der Waals surface area contributed by atoms with E-state index < -0.39 is 0 Å². The highest BCUT2D eigenvalue weighted by atomic mass is 32.2. The van der Waals surface area contributed by atoms with Crippen LogP contribution in [0.15, 0.2) is 47.4 Å². The maximum atomic E-state index is 12.1. The zero-order valence-electron chi connectivity index (χ0n) is 13.7. The van der Waals surface area contributed by atoms with Crippen molar-refractivity contribution in [2.24, 2.45) is 0 Å². The van der Waals surface area contributed by atoms with Gasteiger partial charge in [-0.2, -0.15) is 5.26 Å². The Balaban J connectivity index is 1.53. The van der Waals surface area contributed by atoms with Gasteiger partial charge < -0.3 is 14.8 Å². The highest BCUT2D eigenvalue weighted by molar-refractivity contribution is 8.00. The van der Waals surface area contributed by atoms with E-state index in [9.17, 15) is 4.79 Å². The van der Waals surface area contributed by atoms with Gasteiger partial charge in [0.2, 0.25) is 5.91 Å². The van der Waals surface area contributed by atoms with Crippen LogP contribution in [0.3, 0.4) is 0 Å². The Morgan fingerprint density at radius 2 is 1.88 bits per heavy atom. The number of fused-ring (bicyclic) bond motifs is 1. The predicted octanol–water partition coefficient (Wildman–Crippen LogP) is 3.64. The van der Waals surface area contributed by atoms with Gasteiger partial charge in [0.05, 0.1) is 31.5 Å². The van der Waals surface area contributed by atoms with Crippen molar-refractivity contribution >= 4 is 23.4 Å². The van der Waals surface area contributed by atoms with Gasteiger partial charge in [-0.3, -0.25) is 4.79 Å². The molecule has 1 amide bonds. The highest BCUT2D eigenvalue weighted by Crippen LogP contribution is 2.33. The van der Waals surface area contributed by atoms with Crippen LogP contribution in [0.1, 0.15) is 12.0 Å². The van der Waals surface area contributed by atoms with E-state index in [4.69, 9.17) is 14.7 Å². The van der Waals surface area contributed by atoms with Crippen LogP contribution >= 0.6 is 11.8 Å². The molecule has 0 radical (unpaired) electrons. The number of rotatable bonds is 5. The molecule has 25 heavy (non-hydrogen) atoms. The Morgan fingerprint density at radius 1 is 1.12 bits per heavy atom. The average Bonchev–Trinajstić information content (AvgIpc) is 2.87. The minimum Gasteiger partial charge on any atom is -0.490 e. The van der Waals surface area contributed by atoms with E-state index in [0.29, 0.717) is 25.4 Å². The molecule has 2 aromatic carbocycles. The van der Waals surface area contributed by atoms with Gasteiger partial charge in [-0.15, -0.1) is 11.8 Å². The molecule has 1 aliphatic rings. The van der Waals surface area contributed by atoms with E-state index in [1.165, 1.54) is 11.8 Å². The Morgan fingerprint density at radius 3 is 2.64 bits per heavy atom. The van der Waals surface area contributed by atoms with Crippen LogP contribution in [-0.2, 0) is 11.2 Å². The lowest BCUT2D eigenvalue weighted by molar-refractivity contribution is -0.113. The molecule has 0 unspecified atom stereocenters. The lowest BCUT2D eigenvalue weighted by Gasteiger charge is -2.09. The molecule has 0 aliphatic carbocycles. The summed E-state index contributed by atoms with van der Waals surface area (Å²) in [6.07, 6.45) is 1.24. The number of anilines is 1. The first-order valence-corrected chi connectivity index (χ1v) is 9.01. The molecule has 0 spiro atoms. The van der Waals surface area contributed by atoms with Crippen molar-refractivity contribution in [2.45, 2.75) is 17.7 Å². The number of carbonyl (C=O) groups is 1. The molecular weight excluding hydrogens is 336 g/mol. The van der Waals surface area contributed by atoms with Crippen LogP contribution in [0.2, 0.25) is 0 Å². The lowest BCUT2D eigenvalue weighted by Crippen LogP contribution is -2.13. The number of carbonyl (C=O) groups excluding carboxylic acids is 1. The molecule has 0 saturated heterocycles. The third-order valence-electron chi connectivity index (χ3n) is 3.61. The first-order chi connectivity index (χ1) is 12.2. The topological polar surface area (TPSA) is 71.4 Å². The van der Waals surface area contributed by atoms with Crippen molar-refractivity contribution < 1.29 is 14.3 Å². The third kappa shape index (κ3) is 4.91. The van der Waals surface area contributed by atoms with Crippen molar-refractivity contribution in [2.75, 3.05) is 24.3 Å². The van der Waals surface area contributed by atoms with Crippen LogP contribution in [0, 0.1) is 11.3 Å². The largest absolute Gasteiger partial charge is 0.490 e. The zero-order chi connectivity index (χ0) is 17.5. The Labute approximate surface area is 150 Å². The van der Waals surface area contributed by atoms with Crippen molar-refractivity contribution in [3.05, 3.63) is 48.0 Å². The summed E-state index contributed by atoms with van der Waals surface area (Å²) in [5.74, 6) is 1.71. The third-order valence-corrected chi connectivity index (χ3v) is 4.60. The van der Waals surface area contributed by atoms with Crippen molar-refractivity contribution in [1.29, 1.82) is 5.26 Å². The second kappa shape index (κ2) is 8.45. The van der Waals surface area contributed by atoms with Gasteiger partial charge in [0.1, 0.15) is 0 Å². The molecule has 1 aliphatic heterocycles. The predicted molar refractivity (Wildman–Crippen MR) is 97.2 cm³/mol. The van der Waals surface area contributed by atoms with Crippen LogP contribution in [0.25, 0.3) is 0 Å². The summed E-state index contributed by atoms with van der Waals surface area (Å²) in [6.45, 7) is 1.30. The standard InChI is InChI=1S/C19H18N2O3S/c20-9-8-14-2-4-15(5-3-14)21-19(22)13-25-16-6-7-17-18(12-16)24-11-1-10-23-17/h2-7,12H,1,8,10-11,13H2,(H,21,22). The molecule has 2 aromatic rings. The van der Waals surface area contributed by atoms with Gasteiger partial charge >= 0.3 is 0 Å². The summed E-state index contributed by atoms with van der Waals surface area (Å²) in [5.41, 5.74) is 1.66. The summed E-state index contributed by atoms with van der Waals surface area (Å²) < 4.78 is 11.3. The lowest BCUT2D eigenvalue weighted by atomic mass is 10.1. The van der Waals surface area contributed by atoms with Crippen molar-refractivity contribution in [1.82, 2.24) is 0 Å². The van der Waals surface area contributed by atoms with E-state index >= 15 is 0 Å². The van der Waals surface area contributed by atoms with Gasteiger partial charge in [0.25, 0.3) is 0 Å². The molecule has 0 aromatic heterocycles. The number of nitrogens with zero attached hydrogens (tertiary/aromatic N) is 1. The van der Waals surface area contributed by atoms with Gasteiger partial charge in [-0.25, -0.2) is 0 Å². The minimum atomic E-state index is -0.0786. The fraction of sp³-hybridized carbons (Fsp3) is 0.263. The monoisotopic (exact) mass is 354 g/mol. The second-order valence-electron chi connectivity index (χ2n) is 5.53. The molecule has 0 fully saturated rings. The van der Waals surface area contributed by atoms with Gasteiger partial charge in [0.15, 0.2) is 11.5 Å². The normalized spacial score (nSPS) is 12.8. The number of ether oxygens (including phenoxy) is 2. The molecule has 3 rings (SSSR count). The van der Waals surface area contributed by atoms with Crippen LogP contribution in [0.5, 0.6) is 11.5 Å². The number of benzene rings is 2. The number of amides is 1. The summed E-state index contributed by atoms with van der Waals surface area (Å²) in [5, 5.41) is 11.5. The average molecular weight is 354 g/mol. The quantitative estimate of drug-likeness (QED) is 0.830. The first-order valence-electron chi connectivity index (χ1n) is 8.03. The van der Waals surface area contributed by atoms with Gasteiger partial charge in [0, 0.05) is 17.0 Å². The summed E-state index contributed by atoms with van der Waals surface area (Å²) in [4.78, 5) is 13.1. The number of hydrogen-bond acceptors (Lipinski definition) is 5. The maximum Gasteiger partial charge on any atom is 0.234 e. The summed E-state index contributed by atoms with van der Waals surface area (Å²) in [6, 6.07) is 15.1. The Kier molecular flexibility index (Phi) is 5.81. The SMILES string of the molecule is N#CCc1ccc(NC(=O)CSc2ccc3c(c2)OCCCO3)cc1. The number of hydrogen-bond donors (Lipinski definition) is 1. The minimum absolute atomic E-state index is 0.0786. The van der Waals surface area contributed by atoms with E-state index in [1.54, 1.807) is 0 Å². The Bertz CT molecular complexity index is 784. The molecule has 1 N–H and O–H groups in total. The van der Waals surface area contributed by atoms with E-state index in [1.807, 2.05) is 42.5 Å². The zero-order valence-corrected chi connectivity index (χ0v) is 14.5. The summed E-state index contributed by atoms with van der Waals surface area (Å²) >= 11 is 1.45. The van der Waals surface area contributed by atoms with Crippen LogP contribution in [-0.4, -0.2) is 24.9 Å². The fourth-order valence-corrected chi connectivity index (χ4v) is 3.10. The van der Waals surface area contributed by atoms with Crippen LogP contribution < -0.4 is 14.8 Å². The van der Waals surface area contributed by atoms with Crippen LogP contribution in [0.4, 0.5) is 5.69 Å². The Hall–Kier alpha value is -2.65. The first kappa shape index (κ1) is 17.2. The maximum absolute atomic E-state index is 12.1. The number of thioether (sulfide) groups is 1. The van der Waals surface area contributed by atoms with Crippen molar-refractivity contribution in [3.8, 4) is 17.6 Å². The molecule has 6 heteroatoms. The van der Waals surface area contributed by atoms with E-state index in [-0.39, 0.29) is 5.91 Å². The fourth-order valence-electron chi connectivity index (χ4n) is 2.38. The molecule has 128 valence electrons. The molecule has 0 atom stereocenters.